The molecule has 2 aromatic rings. The Hall–Kier alpha value is -3.63. The topological polar surface area (TPSA) is 125 Å². The molecule has 2 aliphatic rings. The van der Waals surface area contributed by atoms with E-state index in [0.717, 1.165) is 21.5 Å². The summed E-state index contributed by atoms with van der Waals surface area (Å²) >= 11 is 0. The second-order valence-electron chi connectivity index (χ2n) is 6.52. The van der Waals surface area contributed by atoms with Crippen LogP contribution in [0.1, 0.15) is 10.4 Å². The van der Waals surface area contributed by atoms with E-state index in [9.17, 15) is 15.2 Å². The Kier molecular flexibility index (Phi) is 5.27. The number of nitrogens with one attached hydrogen (secondary N) is 3. The van der Waals surface area contributed by atoms with Gasteiger partial charge in [0.25, 0.3) is 5.91 Å². The highest BCUT2D eigenvalue weighted by Crippen LogP contribution is 2.17. The van der Waals surface area contributed by atoms with Crippen LogP contribution in [0.5, 0.6) is 0 Å². The van der Waals surface area contributed by atoms with Crippen molar-refractivity contribution in [2.45, 2.75) is 0 Å². The van der Waals surface area contributed by atoms with Gasteiger partial charge in [-0.1, -0.05) is 0 Å². The van der Waals surface area contributed by atoms with Gasteiger partial charge in [-0.25, -0.2) is 20.1 Å². The van der Waals surface area contributed by atoms with Gasteiger partial charge in [0.1, 0.15) is 0 Å². The predicted octanol–water partition coefficient (Wildman–Crippen LogP) is 1.88. The second-order valence-corrected chi connectivity index (χ2v) is 6.52. The van der Waals surface area contributed by atoms with Crippen LogP contribution in [0.2, 0.25) is 0 Å². The highest BCUT2D eigenvalue weighted by atomic mass is 16.5. The lowest BCUT2D eigenvalue weighted by Crippen LogP contribution is -2.29. The summed E-state index contributed by atoms with van der Waals surface area (Å²) in [4.78, 5) is 20.7. The molecule has 10 heteroatoms. The molecule has 10 nitrogen and oxygen atoms in total. The first-order valence-corrected chi connectivity index (χ1v) is 9.16. The number of rotatable bonds is 4. The van der Waals surface area contributed by atoms with E-state index in [0.29, 0.717) is 49.3 Å². The molecule has 2 aromatic carbocycles. The summed E-state index contributed by atoms with van der Waals surface area (Å²) in [6, 6.07) is 14.0. The quantitative estimate of drug-likeness (QED) is 0.535. The first kappa shape index (κ1) is 18.7. The number of guanidine groups is 2. The van der Waals surface area contributed by atoms with Crippen LogP contribution in [0.3, 0.4) is 0 Å². The second kappa shape index (κ2) is 8.17. The molecule has 0 spiro atoms. The standard InChI is InChI=1S/C19H21N7O3/c27-17(13-1-3-15(4-2-13)23-18-20-9-11-25(18)28)22-14-5-7-16(8-6-14)24-19-21-10-12-26(19)29/h1-8,28-29H,9-12H2,(H,20,23)(H,21,24)(H,22,27). The third-order valence-corrected chi connectivity index (χ3v) is 4.44. The highest BCUT2D eigenvalue weighted by molar-refractivity contribution is 6.05. The number of carbonyl (C=O) groups is 1. The van der Waals surface area contributed by atoms with E-state index in [1.807, 2.05) is 0 Å². The zero-order valence-corrected chi connectivity index (χ0v) is 15.5. The summed E-state index contributed by atoms with van der Waals surface area (Å²) < 4.78 is 0. The number of hydrogen-bond donors (Lipinski definition) is 5. The molecule has 0 bridgehead atoms. The maximum Gasteiger partial charge on any atom is 0.255 e. The van der Waals surface area contributed by atoms with Gasteiger partial charge in [0.2, 0.25) is 11.9 Å². The third-order valence-electron chi connectivity index (χ3n) is 4.44. The summed E-state index contributed by atoms with van der Waals surface area (Å²) in [7, 11) is 0. The average molecular weight is 395 g/mol. The SMILES string of the molecule is O=C(Nc1ccc(NC2=NCCN2O)cc1)c1ccc(NC2=NCCN2O)cc1. The molecule has 0 aromatic heterocycles. The largest absolute Gasteiger partial charge is 0.324 e. The summed E-state index contributed by atoms with van der Waals surface area (Å²) in [5.74, 6) is 0.563. The van der Waals surface area contributed by atoms with Crippen molar-refractivity contribution in [3.05, 3.63) is 54.1 Å². The summed E-state index contributed by atoms with van der Waals surface area (Å²) in [5, 5.41) is 30.2. The van der Waals surface area contributed by atoms with Gasteiger partial charge < -0.3 is 16.0 Å². The Morgan fingerprint density at radius 2 is 1.21 bits per heavy atom. The maximum atomic E-state index is 12.5. The van der Waals surface area contributed by atoms with Crippen LogP contribution in [-0.4, -0.2) is 64.5 Å². The smallest absolute Gasteiger partial charge is 0.255 e. The molecule has 0 radical (unpaired) electrons. The number of carbonyl (C=O) groups excluding carboxylic acids is 1. The fourth-order valence-corrected chi connectivity index (χ4v) is 2.89. The number of hydrogen-bond acceptors (Lipinski definition) is 9. The lowest BCUT2D eigenvalue weighted by molar-refractivity contribution is -0.00284. The van der Waals surface area contributed by atoms with Gasteiger partial charge in [-0.2, -0.15) is 0 Å². The van der Waals surface area contributed by atoms with E-state index < -0.39 is 0 Å². The molecule has 2 heterocycles. The van der Waals surface area contributed by atoms with Gasteiger partial charge in [-0.05, 0) is 48.5 Å². The Balaban J connectivity index is 1.34. The van der Waals surface area contributed by atoms with Crippen molar-refractivity contribution < 1.29 is 15.2 Å². The van der Waals surface area contributed by atoms with Crippen molar-refractivity contribution in [1.29, 1.82) is 0 Å². The van der Waals surface area contributed by atoms with Gasteiger partial charge >= 0.3 is 0 Å². The van der Waals surface area contributed by atoms with Crippen molar-refractivity contribution in [3.8, 4) is 0 Å². The molecular formula is C19H21N7O3. The molecule has 2 aliphatic heterocycles. The van der Waals surface area contributed by atoms with E-state index in [2.05, 4.69) is 25.9 Å². The predicted molar refractivity (Wildman–Crippen MR) is 110 cm³/mol. The Labute approximate surface area is 167 Å². The Morgan fingerprint density at radius 1 is 0.759 bits per heavy atom. The van der Waals surface area contributed by atoms with Gasteiger partial charge in [0.15, 0.2) is 0 Å². The van der Waals surface area contributed by atoms with Crippen molar-refractivity contribution >= 4 is 34.9 Å². The Morgan fingerprint density at radius 3 is 1.66 bits per heavy atom. The zero-order chi connectivity index (χ0) is 20.2. The zero-order valence-electron chi connectivity index (χ0n) is 15.5. The maximum absolute atomic E-state index is 12.5. The number of nitrogens with zero attached hydrogens (tertiary/aromatic N) is 4. The highest BCUT2D eigenvalue weighted by Gasteiger charge is 2.15. The molecule has 0 atom stereocenters. The molecule has 0 fully saturated rings. The van der Waals surface area contributed by atoms with E-state index >= 15 is 0 Å². The molecule has 0 saturated carbocycles. The fourth-order valence-electron chi connectivity index (χ4n) is 2.89. The molecule has 0 aliphatic carbocycles. The normalized spacial score (nSPS) is 15.8. The fraction of sp³-hybridized carbons (Fsp3) is 0.211. The molecule has 1 amide bonds. The molecular weight excluding hydrogens is 374 g/mol. The summed E-state index contributed by atoms with van der Waals surface area (Å²) in [6.07, 6.45) is 0. The molecule has 150 valence electrons. The van der Waals surface area contributed by atoms with Crippen LogP contribution in [0.15, 0.2) is 58.5 Å². The monoisotopic (exact) mass is 395 g/mol. The van der Waals surface area contributed by atoms with Crippen molar-refractivity contribution in [3.63, 3.8) is 0 Å². The van der Waals surface area contributed by atoms with Crippen LogP contribution >= 0.6 is 0 Å². The van der Waals surface area contributed by atoms with Gasteiger partial charge in [-0.15, -0.1) is 0 Å². The Bertz CT molecular complexity index is 941. The number of aliphatic imine (C=N–C) groups is 2. The van der Waals surface area contributed by atoms with Gasteiger partial charge in [-0.3, -0.25) is 15.2 Å². The van der Waals surface area contributed by atoms with Crippen LogP contribution in [-0.2, 0) is 0 Å². The number of amides is 1. The summed E-state index contributed by atoms with van der Waals surface area (Å²) in [5.41, 5.74) is 2.63. The van der Waals surface area contributed by atoms with E-state index in [4.69, 9.17) is 0 Å². The minimum atomic E-state index is -0.235. The van der Waals surface area contributed by atoms with E-state index in [1.54, 1.807) is 48.5 Å². The van der Waals surface area contributed by atoms with Crippen LogP contribution in [0, 0.1) is 0 Å². The average Bonchev–Trinajstić information content (AvgIpc) is 3.32. The molecule has 4 rings (SSSR count). The minimum absolute atomic E-state index is 0.235. The number of benzene rings is 2. The third kappa shape index (κ3) is 4.45. The lowest BCUT2D eigenvalue weighted by Gasteiger charge is -2.14. The number of anilines is 3. The van der Waals surface area contributed by atoms with Crippen molar-refractivity contribution in [2.24, 2.45) is 9.98 Å². The van der Waals surface area contributed by atoms with Gasteiger partial charge in [0, 0.05) is 22.6 Å². The van der Waals surface area contributed by atoms with E-state index in [1.165, 1.54) is 0 Å². The first-order chi connectivity index (χ1) is 14.1. The van der Waals surface area contributed by atoms with Gasteiger partial charge in [0.05, 0.1) is 26.2 Å². The summed E-state index contributed by atoms with van der Waals surface area (Å²) in [6.45, 7) is 2.02. The van der Waals surface area contributed by atoms with E-state index in [-0.39, 0.29) is 5.91 Å². The molecule has 5 N–H and O–H groups in total. The minimum Gasteiger partial charge on any atom is -0.324 e. The van der Waals surface area contributed by atoms with Crippen LogP contribution < -0.4 is 16.0 Å². The van der Waals surface area contributed by atoms with Crippen LogP contribution in [0.4, 0.5) is 17.1 Å². The van der Waals surface area contributed by atoms with Crippen molar-refractivity contribution in [2.75, 3.05) is 42.1 Å². The van der Waals surface area contributed by atoms with Crippen LogP contribution in [0.25, 0.3) is 0 Å². The number of hydroxylamine groups is 4. The van der Waals surface area contributed by atoms with Crippen molar-refractivity contribution in [1.82, 2.24) is 10.1 Å². The molecule has 29 heavy (non-hydrogen) atoms. The lowest BCUT2D eigenvalue weighted by atomic mass is 10.2. The molecule has 0 unspecified atom stereocenters. The molecule has 0 saturated heterocycles. The first-order valence-electron chi connectivity index (χ1n) is 9.16.